The van der Waals surface area contributed by atoms with Gasteiger partial charge in [0.2, 0.25) is 0 Å². The van der Waals surface area contributed by atoms with Crippen molar-refractivity contribution >= 4 is 5.71 Å². The fourth-order valence-corrected chi connectivity index (χ4v) is 2.96. The molecule has 29 heavy (non-hydrogen) atoms. The van der Waals surface area contributed by atoms with Crippen molar-refractivity contribution in [1.29, 1.82) is 5.26 Å². The van der Waals surface area contributed by atoms with E-state index in [0.29, 0.717) is 19.6 Å². The summed E-state index contributed by atoms with van der Waals surface area (Å²) in [6.07, 6.45) is 1.16. The molecule has 0 aliphatic heterocycles. The van der Waals surface area contributed by atoms with E-state index in [4.69, 9.17) is 14.8 Å². The molecule has 0 bridgehead atoms. The maximum Gasteiger partial charge on any atom is 0.151 e. The lowest BCUT2D eigenvalue weighted by atomic mass is 10.0. The summed E-state index contributed by atoms with van der Waals surface area (Å²) in [5.41, 5.74) is 5.27. The molecule has 0 heterocycles. The number of rotatable bonds is 9. The predicted molar refractivity (Wildman–Crippen MR) is 116 cm³/mol. The van der Waals surface area contributed by atoms with Crippen molar-refractivity contribution in [3.8, 4) is 22.9 Å². The average molecular weight is 384 g/mol. The molecule has 4 heteroatoms. The molecule has 0 aromatic heterocycles. The Bertz CT molecular complexity index is 974. The first-order valence-corrected chi connectivity index (χ1v) is 9.73. The van der Waals surface area contributed by atoms with Crippen LogP contribution in [0.1, 0.15) is 24.5 Å². The monoisotopic (exact) mass is 384 g/mol. The van der Waals surface area contributed by atoms with Crippen LogP contribution in [0.4, 0.5) is 0 Å². The molecule has 4 nitrogen and oxygen atoms in total. The fraction of sp³-hybridized carbons (Fsp3) is 0.200. The summed E-state index contributed by atoms with van der Waals surface area (Å²) in [7, 11) is 0. The molecule has 0 unspecified atom stereocenters. The molecule has 0 amide bonds. The zero-order valence-corrected chi connectivity index (χ0v) is 16.5. The van der Waals surface area contributed by atoms with E-state index in [2.05, 4.69) is 54.5 Å². The molecule has 0 atom stereocenters. The van der Waals surface area contributed by atoms with Gasteiger partial charge in [-0.1, -0.05) is 78.8 Å². The van der Waals surface area contributed by atoms with Crippen LogP contribution in [0.15, 0.2) is 84.0 Å². The minimum absolute atomic E-state index is 0.355. The fourth-order valence-electron chi connectivity index (χ4n) is 2.96. The van der Waals surface area contributed by atoms with Gasteiger partial charge in [-0.05, 0) is 40.8 Å². The molecule has 0 aliphatic rings. The summed E-state index contributed by atoms with van der Waals surface area (Å²) in [5, 5.41) is 13.1. The van der Waals surface area contributed by atoms with Crippen molar-refractivity contribution in [2.75, 3.05) is 13.2 Å². The van der Waals surface area contributed by atoms with Crippen LogP contribution in [0, 0.1) is 11.3 Å². The molecule has 0 aliphatic carbocycles. The second-order valence-electron chi connectivity index (χ2n) is 6.50. The average Bonchev–Trinajstić information content (AvgIpc) is 2.78. The third-order valence-electron chi connectivity index (χ3n) is 4.46. The quantitative estimate of drug-likeness (QED) is 0.273. The van der Waals surface area contributed by atoms with Crippen LogP contribution in [0.5, 0.6) is 5.75 Å². The summed E-state index contributed by atoms with van der Waals surface area (Å²) in [5.74, 6) is 0.734. The van der Waals surface area contributed by atoms with Gasteiger partial charge in [-0.15, -0.1) is 0 Å². The molecule has 0 radical (unpaired) electrons. The van der Waals surface area contributed by atoms with Crippen molar-refractivity contribution in [2.45, 2.75) is 19.8 Å². The van der Waals surface area contributed by atoms with Gasteiger partial charge in [-0.2, -0.15) is 5.26 Å². The molecule has 0 saturated heterocycles. The van der Waals surface area contributed by atoms with E-state index >= 15 is 0 Å². The Balaban J connectivity index is 1.52. The maximum absolute atomic E-state index is 8.77. The van der Waals surface area contributed by atoms with Crippen LogP contribution in [-0.4, -0.2) is 18.9 Å². The van der Waals surface area contributed by atoms with Crippen LogP contribution in [0.25, 0.3) is 11.1 Å². The topological polar surface area (TPSA) is 54.6 Å². The molecule has 0 N–H and O–H groups in total. The SMILES string of the molecule is CC/C(=N\OCCOc1cccc(CC#N)c1)c1ccc(-c2ccccc2)cc1. The van der Waals surface area contributed by atoms with Crippen LogP contribution < -0.4 is 4.74 Å². The number of benzene rings is 3. The zero-order chi connectivity index (χ0) is 20.3. The van der Waals surface area contributed by atoms with Gasteiger partial charge in [0.15, 0.2) is 6.61 Å². The molecular formula is C25H24N2O2. The number of hydrogen-bond acceptors (Lipinski definition) is 4. The summed E-state index contributed by atoms with van der Waals surface area (Å²) in [6.45, 7) is 2.81. The first-order valence-electron chi connectivity index (χ1n) is 9.73. The number of nitrogens with zero attached hydrogens (tertiary/aromatic N) is 2. The largest absolute Gasteiger partial charge is 0.490 e. The lowest BCUT2D eigenvalue weighted by molar-refractivity contribution is 0.107. The van der Waals surface area contributed by atoms with E-state index in [1.54, 1.807) is 0 Å². The molecule has 0 spiro atoms. The van der Waals surface area contributed by atoms with E-state index in [-0.39, 0.29) is 0 Å². The lowest BCUT2D eigenvalue weighted by Crippen LogP contribution is -2.07. The summed E-state index contributed by atoms with van der Waals surface area (Å²) in [6, 6.07) is 28.3. The standard InChI is InChI=1S/C25H24N2O2/c1-2-25(23-13-11-22(12-14-23)21-8-4-3-5-9-21)27-29-18-17-28-24-10-6-7-20(19-24)15-16-26/h3-14,19H,2,15,17-18H2,1H3/b27-25+. The lowest BCUT2D eigenvalue weighted by Gasteiger charge is -2.08. The first-order chi connectivity index (χ1) is 14.3. The van der Waals surface area contributed by atoms with E-state index in [1.807, 2.05) is 42.5 Å². The van der Waals surface area contributed by atoms with E-state index in [1.165, 1.54) is 11.1 Å². The van der Waals surface area contributed by atoms with Gasteiger partial charge >= 0.3 is 0 Å². The number of oxime groups is 1. The highest BCUT2D eigenvalue weighted by Crippen LogP contribution is 2.20. The Hall–Kier alpha value is -3.58. The summed E-state index contributed by atoms with van der Waals surface area (Å²) in [4.78, 5) is 5.47. The van der Waals surface area contributed by atoms with Crippen molar-refractivity contribution in [3.63, 3.8) is 0 Å². The van der Waals surface area contributed by atoms with Crippen molar-refractivity contribution in [3.05, 3.63) is 90.0 Å². The van der Waals surface area contributed by atoms with Crippen LogP contribution >= 0.6 is 0 Å². The Kier molecular flexibility index (Phi) is 7.42. The Morgan fingerprint density at radius 1 is 0.897 bits per heavy atom. The normalized spacial score (nSPS) is 11.0. The zero-order valence-electron chi connectivity index (χ0n) is 16.5. The smallest absolute Gasteiger partial charge is 0.151 e. The van der Waals surface area contributed by atoms with Crippen molar-refractivity contribution < 1.29 is 9.57 Å². The van der Waals surface area contributed by atoms with Gasteiger partial charge in [0.1, 0.15) is 12.4 Å². The summed E-state index contributed by atoms with van der Waals surface area (Å²) >= 11 is 0. The maximum atomic E-state index is 8.77. The minimum atomic E-state index is 0.355. The number of ether oxygens (including phenoxy) is 1. The van der Waals surface area contributed by atoms with Crippen LogP contribution in [-0.2, 0) is 11.3 Å². The van der Waals surface area contributed by atoms with Gasteiger partial charge in [-0.3, -0.25) is 0 Å². The highest BCUT2D eigenvalue weighted by Gasteiger charge is 2.04. The van der Waals surface area contributed by atoms with Gasteiger partial charge in [0.05, 0.1) is 18.2 Å². The molecular weight excluding hydrogens is 360 g/mol. The van der Waals surface area contributed by atoms with Crippen LogP contribution in [0.3, 0.4) is 0 Å². The number of hydrogen-bond donors (Lipinski definition) is 0. The Morgan fingerprint density at radius 3 is 2.38 bits per heavy atom. The second kappa shape index (κ2) is 10.7. The van der Waals surface area contributed by atoms with Gasteiger partial charge in [0.25, 0.3) is 0 Å². The van der Waals surface area contributed by atoms with E-state index in [9.17, 15) is 0 Å². The van der Waals surface area contributed by atoms with E-state index in [0.717, 1.165) is 29.0 Å². The van der Waals surface area contributed by atoms with Gasteiger partial charge in [-0.25, -0.2) is 0 Å². The molecule has 146 valence electrons. The predicted octanol–water partition coefficient (Wildman–Crippen LogP) is 5.63. The highest BCUT2D eigenvalue weighted by atomic mass is 16.6. The summed E-state index contributed by atoms with van der Waals surface area (Å²) < 4.78 is 5.68. The molecule has 0 fully saturated rings. The third kappa shape index (κ3) is 5.95. The van der Waals surface area contributed by atoms with Crippen molar-refractivity contribution in [1.82, 2.24) is 0 Å². The van der Waals surface area contributed by atoms with Crippen molar-refractivity contribution in [2.24, 2.45) is 5.16 Å². The highest BCUT2D eigenvalue weighted by molar-refractivity contribution is 6.00. The Morgan fingerprint density at radius 2 is 1.66 bits per heavy atom. The Labute approximate surface area is 172 Å². The molecule has 3 aromatic rings. The van der Waals surface area contributed by atoms with E-state index < -0.39 is 0 Å². The molecule has 0 saturated carbocycles. The molecule has 3 aromatic carbocycles. The second-order valence-corrected chi connectivity index (χ2v) is 6.50. The first kappa shape index (κ1) is 20.2. The molecule has 3 rings (SSSR count). The third-order valence-corrected chi connectivity index (χ3v) is 4.46. The van der Waals surface area contributed by atoms with Gasteiger partial charge < -0.3 is 9.57 Å². The van der Waals surface area contributed by atoms with Gasteiger partial charge in [0, 0.05) is 0 Å². The van der Waals surface area contributed by atoms with Crippen LogP contribution in [0.2, 0.25) is 0 Å². The number of nitriles is 1. The minimum Gasteiger partial charge on any atom is -0.490 e.